The van der Waals surface area contributed by atoms with Gasteiger partial charge in [-0.3, -0.25) is 14.6 Å². The molecule has 0 unspecified atom stereocenters. The molecule has 0 saturated heterocycles. The lowest BCUT2D eigenvalue weighted by atomic mass is 10.1. The molecule has 0 bridgehead atoms. The summed E-state index contributed by atoms with van der Waals surface area (Å²) in [5, 5.41) is 2.53. The maximum atomic E-state index is 11.8. The number of halogens is 1. The predicted molar refractivity (Wildman–Crippen MR) is 85.6 cm³/mol. The summed E-state index contributed by atoms with van der Waals surface area (Å²) >= 11 is 0. The molecule has 2 aromatic rings. The highest BCUT2D eigenvalue weighted by Crippen LogP contribution is 2.18. The first-order valence-corrected chi connectivity index (χ1v) is 6.65. The lowest BCUT2D eigenvalue weighted by Gasteiger charge is -2.07. The summed E-state index contributed by atoms with van der Waals surface area (Å²) < 4.78 is 4.80. The molecule has 1 aromatic carbocycles. The van der Waals surface area contributed by atoms with Crippen molar-refractivity contribution in [3.05, 3.63) is 54.4 Å². The molecule has 0 spiro atoms. The van der Waals surface area contributed by atoms with Crippen LogP contribution in [0.3, 0.4) is 0 Å². The minimum absolute atomic E-state index is 0. The van der Waals surface area contributed by atoms with E-state index in [0.717, 1.165) is 11.1 Å². The third-order valence-electron chi connectivity index (χ3n) is 2.90. The molecule has 1 heterocycles. The standard InChI is InChI=1S/C16H16N2O3.ClH/c1-2-15(19)21-11-18-16(20)13-7-5-12(6-8-13)14-4-3-9-17-10-14;/h3-10H,2,11H2,1H3,(H,18,20);1H. The number of hydrogen-bond acceptors (Lipinski definition) is 4. The minimum Gasteiger partial charge on any atom is -0.444 e. The number of carbonyl (C=O) groups excluding carboxylic acids is 2. The Balaban J connectivity index is 0.00000242. The molecule has 0 aliphatic rings. The zero-order chi connectivity index (χ0) is 15.1. The van der Waals surface area contributed by atoms with Crippen LogP contribution in [0.2, 0.25) is 0 Å². The number of ether oxygens (including phenoxy) is 1. The van der Waals surface area contributed by atoms with Gasteiger partial charge in [0.1, 0.15) is 0 Å². The molecule has 2 rings (SSSR count). The average molecular weight is 321 g/mol. The average Bonchev–Trinajstić information content (AvgIpc) is 2.55. The molecule has 1 aromatic heterocycles. The number of aromatic nitrogens is 1. The first-order chi connectivity index (χ1) is 10.2. The number of nitrogens with zero attached hydrogens (tertiary/aromatic N) is 1. The maximum absolute atomic E-state index is 11.8. The van der Waals surface area contributed by atoms with Gasteiger partial charge in [-0.1, -0.05) is 25.1 Å². The van der Waals surface area contributed by atoms with E-state index >= 15 is 0 Å². The second-order valence-corrected chi connectivity index (χ2v) is 4.34. The third kappa shape index (κ3) is 4.86. The van der Waals surface area contributed by atoms with Crippen molar-refractivity contribution in [3.63, 3.8) is 0 Å². The summed E-state index contributed by atoms with van der Waals surface area (Å²) in [6, 6.07) is 11.0. The number of benzene rings is 1. The molecular weight excluding hydrogens is 304 g/mol. The van der Waals surface area contributed by atoms with Crippen molar-refractivity contribution in [2.75, 3.05) is 6.73 Å². The molecule has 0 radical (unpaired) electrons. The predicted octanol–water partition coefficient (Wildman–Crippen LogP) is 2.81. The van der Waals surface area contributed by atoms with Crippen LogP contribution in [0.1, 0.15) is 23.7 Å². The normalized spacial score (nSPS) is 9.50. The number of carbonyl (C=O) groups is 2. The SMILES string of the molecule is CCC(=O)OCNC(=O)c1ccc(-c2cccnc2)cc1.Cl. The monoisotopic (exact) mass is 320 g/mol. The Bertz CT molecular complexity index is 615. The smallest absolute Gasteiger partial charge is 0.307 e. The van der Waals surface area contributed by atoms with Gasteiger partial charge in [-0.05, 0) is 29.3 Å². The van der Waals surface area contributed by atoms with Crippen molar-refractivity contribution in [1.82, 2.24) is 10.3 Å². The van der Waals surface area contributed by atoms with Crippen molar-refractivity contribution in [1.29, 1.82) is 0 Å². The Morgan fingerprint density at radius 2 is 1.86 bits per heavy atom. The largest absolute Gasteiger partial charge is 0.444 e. The first-order valence-electron chi connectivity index (χ1n) is 6.65. The van der Waals surface area contributed by atoms with Crippen LogP contribution >= 0.6 is 12.4 Å². The number of esters is 1. The van der Waals surface area contributed by atoms with Crippen LogP contribution in [-0.4, -0.2) is 23.6 Å². The molecule has 0 saturated carbocycles. The zero-order valence-electron chi connectivity index (χ0n) is 12.1. The van der Waals surface area contributed by atoms with E-state index in [1.54, 1.807) is 31.5 Å². The van der Waals surface area contributed by atoms with Crippen LogP contribution in [0.15, 0.2) is 48.8 Å². The van der Waals surface area contributed by atoms with Crippen molar-refractivity contribution in [2.24, 2.45) is 0 Å². The Morgan fingerprint density at radius 3 is 2.45 bits per heavy atom. The second-order valence-electron chi connectivity index (χ2n) is 4.34. The lowest BCUT2D eigenvalue weighted by molar-refractivity contribution is -0.143. The summed E-state index contributed by atoms with van der Waals surface area (Å²) in [6.07, 6.45) is 3.76. The molecule has 0 fully saturated rings. The van der Waals surface area contributed by atoms with Crippen LogP contribution in [0.5, 0.6) is 0 Å². The van der Waals surface area contributed by atoms with E-state index < -0.39 is 0 Å². The van der Waals surface area contributed by atoms with Gasteiger partial charge in [0.25, 0.3) is 5.91 Å². The van der Waals surface area contributed by atoms with Gasteiger partial charge in [-0.15, -0.1) is 12.4 Å². The molecule has 0 aliphatic carbocycles. The number of hydrogen-bond donors (Lipinski definition) is 1. The van der Waals surface area contributed by atoms with Gasteiger partial charge in [-0.25, -0.2) is 0 Å². The molecular formula is C16H17ClN2O3. The van der Waals surface area contributed by atoms with Crippen LogP contribution in [0, 0.1) is 0 Å². The van der Waals surface area contributed by atoms with Gasteiger partial charge in [-0.2, -0.15) is 0 Å². The van der Waals surface area contributed by atoms with Gasteiger partial charge >= 0.3 is 5.97 Å². The zero-order valence-corrected chi connectivity index (χ0v) is 12.9. The number of amides is 1. The van der Waals surface area contributed by atoms with E-state index in [1.807, 2.05) is 24.3 Å². The van der Waals surface area contributed by atoms with E-state index in [2.05, 4.69) is 10.3 Å². The van der Waals surface area contributed by atoms with Gasteiger partial charge in [0, 0.05) is 24.4 Å². The van der Waals surface area contributed by atoms with Crippen molar-refractivity contribution in [2.45, 2.75) is 13.3 Å². The highest BCUT2D eigenvalue weighted by Gasteiger charge is 2.06. The van der Waals surface area contributed by atoms with Crippen LogP contribution in [-0.2, 0) is 9.53 Å². The Hall–Kier alpha value is -2.40. The molecule has 0 atom stereocenters. The van der Waals surface area contributed by atoms with Crippen LogP contribution in [0.25, 0.3) is 11.1 Å². The minimum atomic E-state index is -0.345. The van der Waals surface area contributed by atoms with E-state index in [4.69, 9.17) is 4.74 Å². The van der Waals surface area contributed by atoms with Crippen LogP contribution in [0.4, 0.5) is 0 Å². The highest BCUT2D eigenvalue weighted by molar-refractivity contribution is 5.94. The summed E-state index contributed by atoms with van der Waals surface area (Å²) in [5.74, 6) is -0.626. The van der Waals surface area contributed by atoms with E-state index in [0.29, 0.717) is 5.56 Å². The van der Waals surface area contributed by atoms with E-state index in [-0.39, 0.29) is 37.4 Å². The van der Waals surface area contributed by atoms with Crippen molar-refractivity contribution in [3.8, 4) is 11.1 Å². The fourth-order valence-corrected chi connectivity index (χ4v) is 1.73. The Morgan fingerprint density at radius 1 is 1.14 bits per heavy atom. The number of pyridine rings is 1. The van der Waals surface area contributed by atoms with E-state index in [9.17, 15) is 9.59 Å². The molecule has 116 valence electrons. The summed E-state index contributed by atoms with van der Waals surface area (Å²) in [6.45, 7) is 1.58. The fourth-order valence-electron chi connectivity index (χ4n) is 1.73. The topological polar surface area (TPSA) is 68.3 Å². The Kier molecular flexibility index (Phi) is 7.05. The lowest BCUT2D eigenvalue weighted by Crippen LogP contribution is -2.27. The highest BCUT2D eigenvalue weighted by atomic mass is 35.5. The van der Waals surface area contributed by atoms with E-state index in [1.165, 1.54) is 0 Å². The fraction of sp³-hybridized carbons (Fsp3) is 0.188. The molecule has 22 heavy (non-hydrogen) atoms. The number of rotatable bonds is 5. The van der Waals surface area contributed by atoms with Gasteiger partial charge in [0.2, 0.25) is 0 Å². The third-order valence-corrected chi connectivity index (χ3v) is 2.90. The molecule has 1 N–H and O–H groups in total. The molecule has 5 nitrogen and oxygen atoms in total. The molecule has 1 amide bonds. The summed E-state index contributed by atoms with van der Waals surface area (Å²) in [5.41, 5.74) is 2.48. The van der Waals surface area contributed by atoms with Crippen molar-refractivity contribution < 1.29 is 14.3 Å². The molecule has 0 aliphatic heterocycles. The first kappa shape index (κ1) is 17.7. The second kappa shape index (κ2) is 8.79. The van der Waals surface area contributed by atoms with Gasteiger partial charge < -0.3 is 10.1 Å². The maximum Gasteiger partial charge on any atom is 0.307 e. The summed E-state index contributed by atoms with van der Waals surface area (Å²) in [4.78, 5) is 26.9. The Labute approximate surface area is 135 Å². The quantitative estimate of drug-likeness (QED) is 0.679. The van der Waals surface area contributed by atoms with Gasteiger partial charge in [0.05, 0.1) is 0 Å². The number of nitrogens with one attached hydrogen (secondary N) is 1. The molecule has 6 heteroatoms. The van der Waals surface area contributed by atoms with Crippen LogP contribution < -0.4 is 5.32 Å². The van der Waals surface area contributed by atoms with Gasteiger partial charge in [0.15, 0.2) is 6.73 Å². The summed E-state index contributed by atoms with van der Waals surface area (Å²) in [7, 11) is 0. The van der Waals surface area contributed by atoms with Crippen molar-refractivity contribution >= 4 is 24.3 Å².